The summed E-state index contributed by atoms with van der Waals surface area (Å²) in [5.41, 5.74) is 6.81. The standard InChI is InChI=1S/C20H25FN4O3/c21-13-9-18(22)25(11-13)19(26)12-24-7-5-14(6-8-24)23-16-10-20(27)28-17-4-2-1-3-15(16)17/h1-4,10,13-14,18,23H,5-9,11-12,22H2/t13-,18-/m0/s1. The van der Waals surface area contributed by atoms with Gasteiger partial charge in [-0.25, -0.2) is 9.18 Å². The molecule has 2 fully saturated rings. The lowest BCUT2D eigenvalue weighted by Crippen LogP contribution is -2.48. The molecule has 0 radical (unpaired) electrons. The van der Waals surface area contributed by atoms with Crippen molar-refractivity contribution in [1.82, 2.24) is 9.80 Å². The highest BCUT2D eigenvalue weighted by Crippen LogP contribution is 2.24. The van der Waals surface area contributed by atoms with Crippen molar-refractivity contribution in [2.24, 2.45) is 5.73 Å². The zero-order chi connectivity index (χ0) is 19.7. The van der Waals surface area contributed by atoms with Gasteiger partial charge in [0.15, 0.2) is 0 Å². The van der Waals surface area contributed by atoms with Crippen LogP contribution in [0.5, 0.6) is 0 Å². The summed E-state index contributed by atoms with van der Waals surface area (Å²) in [7, 11) is 0. The highest BCUT2D eigenvalue weighted by Gasteiger charge is 2.33. The van der Waals surface area contributed by atoms with Crippen molar-refractivity contribution in [3.63, 3.8) is 0 Å². The van der Waals surface area contributed by atoms with Crippen LogP contribution in [0.1, 0.15) is 19.3 Å². The highest BCUT2D eigenvalue weighted by molar-refractivity contribution is 5.89. The second-order valence-corrected chi connectivity index (χ2v) is 7.62. The summed E-state index contributed by atoms with van der Waals surface area (Å²) in [5, 5.41) is 4.33. The van der Waals surface area contributed by atoms with Crippen LogP contribution in [0.3, 0.4) is 0 Å². The van der Waals surface area contributed by atoms with Crippen LogP contribution < -0.4 is 16.7 Å². The number of anilines is 1. The molecule has 2 saturated heterocycles. The molecule has 1 aromatic carbocycles. The SMILES string of the molecule is N[C@@H]1C[C@H](F)CN1C(=O)CN1CCC(Nc2cc(=O)oc3ccccc23)CC1. The summed E-state index contributed by atoms with van der Waals surface area (Å²) in [6, 6.07) is 9.14. The number of amides is 1. The molecule has 2 aliphatic rings. The third-order valence-corrected chi connectivity index (χ3v) is 5.57. The van der Waals surface area contributed by atoms with E-state index in [4.69, 9.17) is 10.2 Å². The van der Waals surface area contributed by atoms with E-state index < -0.39 is 12.3 Å². The van der Waals surface area contributed by atoms with E-state index in [1.54, 1.807) is 6.07 Å². The summed E-state index contributed by atoms with van der Waals surface area (Å²) in [6.07, 6.45) is 0.378. The van der Waals surface area contributed by atoms with Crippen molar-refractivity contribution in [3.05, 3.63) is 40.8 Å². The minimum Gasteiger partial charge on any atom is -0.423 e. The summed E-state index contributed by atoms with van der Waals surface area (Å²) in [4.78, 5) is 27.7. The fourth-order valence-electron chi connectivity index (χ4n) is 4.07. The van der Waals surface area contributed by atoms with E-state index in [-0.39, 0.29) is 37.1 Å². The van der Waals surface area contributed by atoms with E-state index in [2.05, 4.69) is 10.2 Å². The first-order chi connectivity index (χ1) is 13.5. The number of halogens is 1. The number of alkyl halides is 1. The average molecular weight is 388 g/mol. The Morgan fingerprint density at radius 2 is 2.04 bits per heavy atom. The molecule has 8 heteroatoms. The first-order valence-corrected chi connectivity index (χ1v) is 9.70. The molecule has 4 rings (SSSR count). The fourth-order valence-corrected chi connectivity index (χ4v) is 4.07. The molecule has 1 aromatic heterocycles. The number of para-hydroxylation sites is 1. The molecule has 28 heavy (non-hydrogen) atoms. The summed E-state index contributed by atoms with van der Waals surface area (Å²) in [6.45, 7) is 1.88. The molecule has 3 N–H and O–H groups in total. The average Bonchev–Trinajstić information content (AvgIpc) is 3.01. The molecule has 150 valence electrons. The van der Waals surface area contributed by atoms with Gasteiger partial charge in [-0.2, -0.15) is 0 Å². The van der Waals surface area contributed by atoms with Crippen LogP contribution in [0, 0.1) is 0 Å². The fraction of sp³-hybridized carbons (Fsp3) is 0.500. The second-order valence-electron chi connectivity index (χ2n) is 7.62. The van der Waals surface area contributed by atoms with Gasteiger partial charge in [0.2, 0.25) is 5.91 Å². The highest BCUT2D eigenvalue weighted by atomic mass is 19.1. The van der Waals surface area contributed by atoms with Gasteiger partial charge < -0.3 is 20.4 Å². The first kappa shape index (κ1) is 18.9. The molecule has 3 heterocycles. The van der Waals surface area contributed by atoms with E-state index in [1.807, 2.05) is 18.2 Å². The van der Waals surface area contributed by atoms with Gasteiger partial charge >= 0.3 is 5.63 Å². The van der Waals surface area contributed by atoms with Crippen molar-refractivity contribution in [3.8, 4) is 0 Å². The third kappa shape index (κ3) is 4.02. The molecule has 0 bridgehead atoms. The topological polar surface area (TPSA) is 91.8 Å². The number of carbonyl (C=O) groups is 1. The van der Waals surface area contributed by atoms with Crippen molar-refractivity contribution in [1.29, 1.82) is 0 Å². The Bertz CT molecular complexity index is 910. The lowest BCUT2D eigenvalue weighted by molar-refractivity contribution is -0.133. The summed E-state index contributed by atoms with van der Waals surface area (Å²) in [5.74, 6) is -0.106. The van der Waals surface area contributed by atoms with Gasteiger partial charge in [-0.3, -0.25) is 9.69 Å². The molecule has 2 aromatic rings. The smallest absolute Gasteiger partial charge is 0.338 e. The molecule has 7 nitrogen and oxygen atoms in total. The molecule has 2 aliphatic heterocycles. The lowest BCUT2D eigenvalue weighted by Gasteiger charge is -2.33. The normalized spacial score (nSPS) is 24.0. The zero-order valence-electron chi connectivity index (χ0n) is 15.6. The number of nitrogens with two attached hydrogens (primary N) is 1. The number of hydrogen-bond acceptors (Lipinski definition) is 6. The Morgan fingerprint density at radius 3 is 2.75 bits per heavy atom. The van der Waals surface area contributed by atoms with Gasteiger partial charge in [-0.1, -0.05) is 12.1 Å². The van der Waals surface area contributed by atoms with Gasteiger partial charge in [0.25, 0.3) is 0 Å². The third-order valence-electron chi connectivity index (χ3n) is 5.57. The molecule has 0 spiro atoms. The number of fused-ring (bicyclic) bond motifs is 1. The van der Waals surface area contributed by atoms with Gasteiger partial charge in [-0.05, 0) is 25.0 Å². The van der Waals surface area contributed by atoms with Gasteiger partial charge in [0.1, 0.15) is 11.8 Å². The molecular formula is C20H25FN4O3. The van der Waals surface area contributed by atoms with Crippen LogP contribution in [-0.4, -0.2) is 60.3 Å². The molecule has 1 amide bonds. The first-order valence-electron chi connectivity index (χ1n) is 9.70. The van der Waals surface area contributed by atoms with E-state index in [9.17, 15) is 14.0 Å². The maximum Gasteiger partial charge on any atom is 0.338 e. The molecule has 0 unspecified atom stereocenters. The van der Waals surface area contributed by atoms with E-state index >= 15 is 0 Å². The molecule has 0 aliphatic carbocycles. The van der Waals surface area contributed by atoms with Crippen molar-refractivity contribution in [2.45, 2.75) is 37.6 Å². The van der Waals surface area contributed by atoms with Gasteiger partial charge in [0, 0.05) is 37.0 Å². The minimum absolute atomic E-state index is 0.0989. The second kappa shape index (κ2) is 7.89. The molecule has 2 atom stereocenters. The van der Waals surface area contributed by atoms with Crippen LogP contribution in [-0.2, 0) is 4.79 Å². The van der Waals surface area contributed by atoms with Crippen LogP contribution in [0.25, 0.3) is 11.0 Å². The van der Waals surface area contributed by atoms with Crippen LogP contribution in [0.4, 0.5) is 10.1 Å². The van der Waals surface area contributed by atoms with Crippen LogP contribution in [0.15, 0.2) is 39.5 Å². The molecule has 0 saturated carbocycles. The van der Waals surface area contributed by atoms with E-state index in [0.29, 0.717) is 5.58 Å². The Balaban J connectivity index is 1.34. The number of piperidine rings is 1. The number of hydrogen-bond donors (Lipinski definition) is 2. The predicted octanol–water partition coefficient (Wildman–Crippen LogP) is 1.52. The summed E-state index contributed by atoms with van der Waals surface area (Å²) >= 11 is 0. The predicted molar refractivity (Wildman–Crippen MR) is 105 cm³/mol. The zero-order valence-corrected chi connectivity index (χ0v) is 15.6. The molecular weight excluding hydrogens is 363 g/mol. The van der Waals surface area contributed by atoms with Gasteiger partial charge in [0.05, 0.1) is 24.9 Å². The van der Waals surface area contributed by atoms with E-state index in [1.165, 1.54) is 11.0 Å². The minimum atomic E-state index is -1.02. The summed E-state index contributed by atoms with van der Waals surface area (Å²) < 4.78 is 18.7. The quantitative estimate of drug-likeness (QED) is 0.772. The maximum atomic E-state index is 13.4. The number of nitrogens with zero attached hydrogens (tertiary/aromatic N) is 2. The van der Waals surface area contributed by atoms with Crippen molar-refractivity contribution < 1.29 is 13.6 Å². The number of carbonyl (C=O) groups excluding carboxylic acids is 1. The maximum absolute atomic E-state index is 13.4. The number of rotatable bonds is 4. The monoisotopic (exact) mass is 388 g/mol. The largest absolute Gasteiger partial charge is 0.423 e. The Morgan fingerprint density at radius 1 is 1.29 bits per heavy atom. The Labute approximate surface area is 162 Å². The van der Waals surface area contributed by atoms with Crippen molar-refractivity contribution in [2.75, 3.05) is 31.5 Å². The lowest BCUT2D eigenvalue weighted by atomic mass is 10.0. The Kier molecular flexibility index (Phi) is 5.32. The van der Waals surface area contributed by atoms with Crippen LogP contribution in [0.2, 0.25) is 0 Å². The Hall–Kier alpha value is -2.45. The number of nitrogens with one attached hydrogen (secondary N) is 1. The van der Waals surface area contributed by atoms with Crippen LogP contribution >= 0.6 is 0 Å². The number of likely N-dealkylation sites (tertiary alicyclic amines) is 2. The number of benzene rings is 1. The van der Waals surface area contributed by atoms with Crippen molar-refractivity contribution >= 4 is 22.6 Å². The van der Waals surface area contributed by atoms with Gasteiger partial charge in [-0.15, -0.1) is 0 Å². The van der Waals surface area contributed by atoms with E-state index in [0.717, 1.165) is 37.0 Å².